The average Bonchev–Trinajstić information content (AvgIpc) is 3.58. The number of fused-ring (bicyclic) bond motifs is 7. The second-order valence-electron chi connectivity index (χ2n) is 17.7. The SMILES string of the molecule is CC1(C)c2cc(-c3cc4ccccc4c4ccccc34)ccc2-c2ccc(N(c3ccc(-c4ccccc4)cc3)c3ccc(-c4ccc(-c5cccc6ccccc56)cc4)cc3)cc21. The molecule has 0 aliphatic heterocycles. The second-order valence-corrected chi connectivity index (χ2v) is 17.7. The zero-order valence-electron chi connectivity index (χ0n) is 36.0. The first-order valence-corrected chi connectivity index (χ1v) is 22.3. The molecule has 64 heavy (non-hydrogen) atoms. The van der Waals surface area contributed by atoms with Crippen LogP contribution in [-0.2, 0) is 5.41 Å². The number of rotatable bonds is 7. The van der Waals surface area contributed by atoms with Gasteiger partial charge in [0, 0.05) is 22.5 Å². The van der Waals surface area contributed by atoms with Crippen molar-refractivity contribution in [3.05, 3.63) is 248 Å². The van der Waals surface area contributed by atoms with Crippen molar-refractivity contribution in [2.24, 2.45) is 0 Å². The van der Waals surface area contributed by atoms with Crippen LogP contribution in [0.25, 0.3) is 88.0 Å². The van der Waals surface area contributed by atoms with Gasteiger partial charge in [-0.15, -0.1) is 0 Å². The predicted molar refractivity (Wildman–Crippen MR) is 273 cm³/mol. The maximum atomic E-state index is 2.46. The quantitative estimate of drug-likeness (QED) is 0.145. The van der Waals surface area contributed by atoms with Gasteiger partial charge in [-0.2, -0.15) is 0 Å². The highest BCUT2D eigenvalue weighted by molar-refractivity contribution is 6.14. The monoisotopic (exact) mass is 815 g/mol. The molecule has 0 spiro atoms. The third-order valence-corrected chi connectivity index (χ3v) is 13.7. The van der Waals surface area contributed by atoms with Crippen molar-refractivity contribution in [3.8, 4) is 55.6 Å². The smallest absolute Gasteiger partial charge is 0.0465 e. The molecule has 302 valence electrons. The Morgan fingerprint density at radius 1 is 0.266 bits per heavy atom. The van der Waals surface area contributed by atoms with Gasteiger partial charge in [0.1, 0.15) is 0 Å². The minimum absolute atomic E-state index is 0.214. The fourth-order valence-electron chi connectivity index (χ4n) is 10.3. The second kappa shape index (κ2) is 15.1. The van der Waals surface area contributed by atoms with Gasteiger partial charge in [-0.25, -0.2) is 0 Å². The fourth-order valence-corrected chi connectivity index (χ4v) is 10.3. The van der Waals surface area contributed by atoms with Crippen LogP contribution in [0.4, 0.5) is 17.1 Å². The maximum Gasteiger partial charge on any atom is 0.0465 e. The van der Waals surface area contributed by atoms with Crippen LogP contribution < -0.4 is 4.90 Å². The highest BCUT2D eigenvalue weighted by Gasteiger charge is 2.36. The summed E-state index contributed by atoms with van der Waals surface area (Å²) in [6, 6.07) is 87.1. The summed E-state index contributed by atoms with van der Waals surface area (Å²) in [7, 11) is 0. The van der Waals surface area contributed by atoms with Gasteiger partial charge >= 0.3 is 0 Å². The molecule has 0 saturated carbocycles. The van der Waals surface area contributed by atoms with E-state index in [4.69, 9.17) is 0 Å². The molecule has 11 aromatic rings. The van der Waals surface area contributed by atoms with Crippen molar-refractivity contribution in [2.45, 2.75) is 19.3 Å². The van der Waals surface area contributed by atoms with E-state index in [0.717, 1.165) is 17.1 Å². The lowest BCUT2D eigenvalue weighted by atomic mass is 9.81. The van der Waals surface area contributed by atoms with E-state index in [1.807, 2.05) is 0 Å². The summed E-state index contributed by atoms with van der Waals surface area (Å²) in [6.45, 7) is 4.78. The van der Waals surface area contributed by atoms with Crippen molar-refractivity contribution in [1.29, 1.82) is 0 Å². The number of anilines is 3. The summed E-state index contributed by atoms with van der Waals surface area (Å²) in [6.07, 6.45) is 0. The van der Waals surface area contributed by atoms with E-state index in [2.05, 4.69) is 255 Å². The highest BCUT2D eigenvalue weighted by Crippen LogP contribution is 2.52. The summed E-state index contributed by atoms with van der Waals surface area (Å²) in [5, 5.41) is 7.68. The molecule has 0 unspecified atom stereocenters. The Hall–Kier alpha value is -8.00. The zero-order chi connectivity index (χ0) is 42.8. The van der Waals surface area contributed by atoms with Crippen molar-refractivity contribution < 1.29 is 0 Å². The van der Waals surface area contributed by atoms with Crippen molar-refractivity contribution in [2.75, 3.05) is 4.90 Å². The van der Waals surface area contributed by atoms with Crippen LogP contribution in [0.3, 0.4) is 0 Å². The number of hydrogen-bond acceptors (Lipinski definition) is 1. The van der Waals surface area contributed by atoms with E-state index in [1.54, 1.807) is 0 Å². The van der Waals surface area contributed by atoms with E-state index in [0.29, 0.717) is 0 Å². The van der Waals surface area contributed by atoms with Gasteiger partial charge in [-0.3, -0.25) is 0 Å². The molecule has 0 N–H and O–H groups in total. The molecule has 0 atom stereocenters. The molecule has 11 aromatic carbocycles. The molecule has 0 radical (unpaired) electrons. The first-order chi connectivity index (χ1) is 31.5. The van der Waals surface area contributed by atoms with Crippen LogP contribution in [-0.4, -0.2) is 0 Å². The molecule has 1 nitrogen and oxygen atoms in total. The molecule has 0 aromatic heterocycles. The molecular formula is C63H45N. The third kappa shape index (κ3) is 6.31. The summed E-state index contributed by atoms with van der Waals surface area (Å²) in [5.41, 5.74) is 18.3. The first-order valence-electron chi connectivity index (χ1n) is 22.3. The Bertz CT molecular complexity index is 3540. The summed E-state index contributed by atoms with van der Waals surface area (Å²) < 4.78 is 0. The van der Waals surface area contributed by atoms with E-state index in [-0.39, 0.29) is 5.41 Å². The van der Waals surface area contributed by atoms with Crippen LogP contribution in [0.1, 0.15) is 25.0 Å². The Morgan fingerprint density at radius 3 is 1.42 bits per heavy atom. The minimum atomic E-state index is -0.214. The molecule has 0 saturated heterocycles. The molecule has 0 fully saturated rings. The molecular weight excluding hydrogens is 771 g/mol. The first kappa shape index (κ1) is 37.7. The topological polar surface area (TPSA) is 3.24 Å². The molecule has 1 heteroatoms. The van der Waals surface area contributed by atoms with Crippen LogP contribution in [0.5, 0.6) is 0 Å². The molecule has 1 aliphatic carbocycles. The Labute approximate surface area is 375 Å². The van der Waals surface area contributed by atoms with Crippen LogP contribution in [0, 0.1) is 0 Å². The molecule has 12 rings (SSSR count). The number of benzene rings is 11. The number of hydrogen-bond donors (Lipinski definition) is 0. The lowest BCUT2D eigenvalue weighted by molar-refractivity contribution is 0.660. The average molecular weight is 816 g/mol. The molecule has 0 heterocycles. The van der Waals surface area contributed by atoms with E-state index in [1.165, 1.54) is 99.1 Å². The van der Waals surface area contributed by atoms with Crippen LogP contribution in [0.2, 0.25) is 0 Å². The van der Waals surface area contributed by atoms with Gasteiger partial charge in [0.2, 0.25) is 0 Å². The largest absolute Gasteiger partial charge is 0.310 e. The third-order valence-electron chi connectivity index (χ3n) is 13.7. The van der Waals surface area contributed by atoms with Crippen molar-refractivity contribution in [1.82, 2.24) is 0 Å². The van der Waals surface area contributed by atoms with Crippen LogP contribution >= 0.6 is 0 Å². The van der Waals surface area contributed by atoms with E-state index >= 15 is 0 Å². The summed E-state index contributed by atoms with van der Waals surface area (Å²) in [5.74, 6) is 0. The van der Waals surface area contributed by atoms with Gasteiger partial charge in [-0.05, 0) is 148 Å². The Kier molecular flexibility index (Phi) is 8.91. The van der Waals surface area contributed by atoms with Crippen molar-refractivity contribution in [3.63, 3.8) is 0 Å². The van der Waals surface area contributed by atoms with Gasteiger partial charge in [0.15, 0.2) is 0 Å². The van der Waals surface area contributed by atoms with E-state index < -0.39 is 0 Å². The Morgan fingerprint density at radius 2 is 0.734 bits per heavy atom. The zero-order valence-corrected chi connectivity index (χ0v) is 36.0. The number of nitrogens with zero attached hydrogens (tertiary/aromatic N) is 1. The standard InChI is InChI=1S/C63H45N/c1-63(2)61-40-49(60-39-48-16-7-9-19-55(48)56-20-10-11-21-57(56)60)31-37-58(61)59-38-36-52(41-62(59)63)64(50-32-27-44(28-33-50)42-13-4-3-5-14-42)51-34-29-45(30-35-51)43-23-25-47(26-24-43)54-22-12-17-46-15-6-8-18-53(46)54/h3-41H,1-2H3. The highest BCUT2D eigenvalue weighted by atomic mass is 15.1. The van der Waals surface area contributed by atoms with Gasteiger partial charge in [-0.1, -0.05) is 202 Å². The lowest BCUT2D eigenvalue weighted by Crippen LogP contribution is -2.16. The van der Waals surface area contributed by atoms with Gasteiger partial charge in [0.25, 0.3) is 0 Å². The van der Waals surface area contributed by atoms with Crippen LogP contribution in [0.15, 0.2) is 237 Å². The van der Waals surface area contributed by atoms with Gasteiger partial charge in [0.05, 0.1) is 0 Å². The normalized spacial score (nSPS) is 12.7. The summed E-state index contributed by atoms with van der Waals surface area (Å²) >= 11 is 0. The van der Waals surface area contributed by atoms with E-state index in [9.17, 15) is 0 Å². The maximum absolute atomic E-state index is 2.46. The molecule has 0 amide bonds. The summed E-state index contributed by atoms with van der Waals surface area (Å²) in [4.78, 5) is 2.41. The predicted octanol–water partition coefficient (Wildman–Crippen LogP) is 17.6. The van der Waals surface area contributed by atoms with Gasteiger partial charge < -0.3 is 4.90 Å². The fraction of sp³-hybridized carbons (Fsp3) is 0.0476. The molecule has 0 bridgehead atoms. The minimum Gasteiger partial charge on any atom is -0.310 e. The lowest BCUT2D eigenvalue weighted by Gasteiger charge is -2.28. The molecule has 1 aliphatic rings. The Balaban J connectivity index is 0.917. The van der Waals surface area contributed by atoms with Crippen molar-refractivity contribution >= 4 is 49.4 Å².